The number of nitrogens with one attached hydrogen (secondary N) is 1. The van der Waals surface area contributed by atoms with E-state index in [1.54, 1.807) is 0 Å². The summed E-state index contributed by atoms with van der Waals surface area (Å²) in [6, 6.07) is 8.28. The molecular weight excluding hydrogens is 368 g/mol. The standard InChI is InChI=1S/C17H8ClF2N3OS/c18-16-9(3-2-6-22-16)15(24)10(7-21)17-23-13(8-25-17)14-11(19)4-1-5-12(14)20/h1-6,8,23H/b17-10+. The van der Waals surface area contributed by atoms with E-state index in [9.17, 15) is 18.8 Å². The lowest BCUT2D eigenvalue weighted by molar-refractivity contribution is 0.103. The highest BCUT2D eigenvalue weighted by Gasteiger charge is 2.25. The highest BCUT2D eigenvalue weighted by atomic mass is 35.5. The minimum Gasteiger partial charge on any atom is -0.348 e. The quantitative estimate of drug-likeness (QED) is 0.375. The number of nitriles is 1. The molecule has 2 heterocycles. The molecule has 0 aliphatic carbocycles. The second-order valence-electron chi connectivity index (χ2n) is 4.86. The van der Waals surface area contributed by atoms with Crippen molar-refractivity contribution >= 4 is 34.8 Å². The van der Waals surface area contributed by atoms with Gasteiger partial charge in [0.1, 0.15) is 28.4 Å². The Morgan fingerprint density at radius 2 is 1.96 bits per heavy atom. The van der Waals surface area contributed by atoms with Gasteiger partial charge in [-0.05, 0) is 24.3 Å². The Bertz CT molecular complexity index is 962. The number of benzene rings is 1. The maximum Gasteiger partial charge on any atom is 0.209 e. The van der Waals surface area contributed by atoms with Gasteiger partial charge in [0.15, 0.2) is 0 Å². The minimum atomic E-state index is -0.749. The summed E-state index contributed by atoms with van der Waals surface area (Å²) in [7, 11) is 0. The number of aromatic nitrogens is 1. The molecule has 0 saturated carbocycles. The number of rotatable bonds is 3. The molecule has 8 heteroatoms. The highest BCUT2D eigenvalue weighted by molar-refractivity contribution is 8.06. The molecule has 124 valence electrons. The van der Waals surface area contributed by atoms with Crippen LogP contribution >= 0.6 is 23.4 Å². The fraction of sp³-hybridized carbons (Fsp3) is 0. The number of Topliss-reactive ketones (excluding diaryl/α,β-unsaturated/α-hetero) is 1. The average Bonchev–Trinajstić information content (AvgIpc) is 3.05. The summed E-state index contributed by atoms with van der Waals surface area (Å²) in [5.74, 6) is -2.12. The van der Waals surface area contributed by atoms with Gasteiger partial charge in [0.2, 0.25) is 5.78 Å². The van der Waals surface area contributed by atoms with Crippen LogP contribution in [-0.2, 0) is 0 Å². The molecule has 0 amide bonds. The van der Waals surface area contributed by atoms with Crippen LogP contribution in [0.2, 0.25) is 5.15 Å². The third kappa shape index (κ3) is 3.27. The topological polar surface area (TPSA) is 65.8 Å². The molecule has 0 spiro atoms. The number of hydrogen-bond acceptors (Lipinski definition) is 5. The molecule has 2 aromatic rings. The zero-order valence-electron chi connectivity index (χ0n) is 12.4. The van der Waals surface area contributed by atoms with Crippen molar-refractivity contribution < 1.29 is 13.6 Å². The average molecular weight is 376 g/mol. The van der Waals surface area contributed by atoms with Gasteiger partial charge in [-0.25, -0.2) is 13.8 Å². The first kappa shape index (κ1) is 17.1. The zero-order chi connectivity index (χ0) is 18.0. The molecule has 0 radical (unpaired) electrons. The van der Waals surface area contributed by atoms with Gasteiger partial charge in [-0.3, -0.25) is 4.79 Å². The largest absolute Gasteiger partial charge is 0.348 e. The highest BCUT2D eigenvalue weighted by Crippen LogP contribution is 2.35. The Labute approximate surface area is 150 Å². The fourth-order valence-electron chi connectivity index (χ4n) is 2.19. The third-order valence-electron chi connectivity index (χ3n) is 3.34. The van der Waals surface area contributed by atoms with Gasteiger partial charge in [-0.2, -0.15) is 5.26 Å². The molecule has 1 aliphatic rings. The zero-order valence-corrected chi connectivity index (χ0v) is 14.0. The van der Waals surface area contributed by atoms with E-state index >= 15 is 0 Å². The smallest absolute Gasteiger partial charge is 0.209 e. The van der Waals surface area contributed by atoms with Crippen molar-refractivity contribution in [3.63, 3.8) is 0 Å². The van der Waals surface area contributed by atoms with Crippen LogP contribution in [0.3, 0.4) is 0 Å². The van der Waals surface area contributed by atoms with E-state index in [0.717, 1.165) is 23.9 Å². The number of carbonyl (C=O) groups excluding carboxylic acids is 1. The molecule has 1 aromatic heterocycles. The van der Waals surface area contributed by atoms with Crippen molar-refractivity contribution in [2.45, 2.75) is 0 Å². The summed E-state index contributed by atoms with van der Waals surface area (Å²) in [6.45, 7) is 0. The molecule has 4 nitrogen and oxygen atoms in total. The number of halogens is 3. The lowest BCUT2D eigenvalue weighted by atomic mass is 10.1. The van der Waals surface area contributed by atoms with E-state index in [1.165, 1.54) is 29.8 Å². The number of carbonyl (C=O) groups is 1. The van der Waals surface area contributed by atoms with Gasteiger partial charge in [0, 0.05) is 11.6 Å². The SMILES string of the molecule is N#C/C(C(=O)c1cccnc1Cl)=C1/NC(c2c(F)cccc2F)=CS1. The van der Waals surface area contributed by atoms with Crippen LogP contribution in [0, 0.1) is 23.0 Å². The lowest BCUT2D eigenvalue weighted by Gasteiger charge is -2.09. The Hall–Kier alpha value is -2.69. The first-order chi connectivity index (χ1) is 12.0. The molecule has 1 aliphatic heterocycles. The third-order valence-corrected chi connectivity index (χ3v) is 4.54. The van der Waals surface area contributed by atoms with E-state index in [0.29, 0.717) is 0 Å². The van der Waals surface area contributed by atoms with E-state index in [4.69, 9.17) is 11.6 Å². The van der Waals surface area contributed by atoms with Crippen molar-refractivity contribution in [1.82, 2.24) is 10.3 Å². The number of ketones is 1. The molecule has 0 saturated heterocycles. The van der Waals surface area contributed by atoms with E-state index < -0.39 is 17.4 Å². The van der Waals surface area contributed by atoms with Crippen LogP contribution in [0.1, 0.15) is 15.9 Å². The predicted molar refractivity (Wildman–Crippen MR) is 91.3 cm³/mol. The number of nitrogens with zero attached hydrogens (tertiary/aromatic N) is 2. The van der Waals surface area contributed by atoms with Crippen molar-refractivity contribution in [3.05, 3.63) is 80.5 Å². The van der Waals surface area contributed by atoms with E-state index in [-0.39, 0.29) is 32.6 Å². The number of hydrogen-bond donors (Lipinski definition) is 1. The van der Waals surface area contributed by atoms with Gasteiger partial charge >= 0.3 is 0 Å². The van der Waals surface area contributed by atoms with Crippen LogP contribution in [0.25, 0.3) is 5.70 Å². The number of pyridine rings is 1. The Morgan fingerprint density at radius 1 is 1.24 bits per heavy atom. The maximum atomic E-state index is 13.9. The molecule has 0 bridgehead atoms. The summed E-state index contributed by atoms with van der Waals surface area (Å²) in [5, 5.41) is 13.7. The van der Waals surface area contributed by atoms with Gasteiger partial charge in [-0.15, -0.1) is 0 Å². The maximum absolute atomic E-state index is 13.9. The van der Waals surface area contributed by atoms with E-state index in [2.05, 4.69) is 10.3 Å². The second kappa shape index (κ2) is 7.05. The summed E-state index contributed by atoms with van der Waals surface area (Å²) in [6.07, 6.45) is 1.42. The van der Waals surface area contributed by atoms with E-state index in [1.807, 2.05) is 6.07 Å². The first-order valence-electron chi connectivity index (χ1n) is 6.90. The van der Waals surface area contributed by atoms with Crippen LogP contribution in [0.5, 0.6) is 0 Å². The van der Waals surface area contributed by atoms with Crippen molar-refractivity contribution in [2.24, 2.45) is 0 Å². The Kier molecular flexibility index (Phi) is 4.83. The van der Waals surface area contributed by atoms with Gasteiger partial charge < -0.3 is 5.32 Å². The summed E-state index contributed by atoms with van der Waals surface area (Å²) < 4.78 is 27.8. The molecule has 1 N–H and O–H groups in total. The normalized spacial score (nSPS) is 15.2. The lowest BCUT2D eigenvalue weighted by Crippen LogP contribution is -2.13. The predicted octanol–water partition coefficient (Wildman–Crippen LogP) is 4.27. The second-order valence-corrected chi connectivity index (χ2v) is 6.10. The van der Waals surface area contributed by atoms with Crippen LogP contribution in [0.4, 0.5) is 8.78 Å². The summed E-state index contributed by atoms with van der Waals surface area (Å²) >= 11 is 6.88. The van der Waals surface area contributed by atoms with Gasteiger partial charge in [0.05, 0.1) is 21.9 Å². The molecule has 0 atom stereocenters. The molecule has 25 heavy (non-hydrogen) atoms. The van der Waals surface area contributed by atoms with Crippen molar-refractivity contribution in [2.75, 3.05) is 0 Å². The van der Waals surface area contributed by atoms with Gasteiger partial charge in [0.25, 0.3) is 0 Å². The molecule has 0 unspecified atom stereocenters. The minimum absolute atomic E-state index is 0.0304. The van der Waals surface area contributed by atoms with Gasteiger partial charge in [-0.1, -0.05) is 29.4 Å². The molecule has 1 aromatic carbocycles. The summed E-state index contributed by atoms with van der Waals surface area (Å²) in [4.78, 5) is 16.3. The fourth-order valence-corrected chi connectivity index (χ4v) is 3.23. The first-order valence-corrected chi connectivity index (χ1v) is 8.16. The van der Waals surface area contributed by atoms with Crippen molar-refractivity contribution in [1.29, 1.82) is 5.26 Å². The molecule has 0 fully saturated rings. The Morgan fingerprint density at radius 3 is 2.60 bits per heavy atom. The number of thioether (sulfide) groups is 1. The van der Waals surface area contributed by atoms with Crippen LogP contribution < -0.4 is 5.32 Å². The Balaban J connectivity index is 1.96. The summed E-state index contributed by atoms with van der Waals surface area (Å²) in [5.41, 5.74) is -0.272. The van der Waals surface area contributed by atoms with Crippen LogP contribution in [0.15, 0.2) is 52.5 Å². The van der Waals surface area contributed by atoms with Crippen molar-refractivity contribution in [3.8, 4) is 6.07 Å². The number of allylic oxidation sites excluding steroid dienone is 1. The molecule has 3 rings (SSSR count). The monoisotopic (exact) mass is 375 g/mol. The molecular formula is C17H8ClF2N3OS. The van der Waals surface area contributed by atoms with Crippen LogP contribution in [-0.4, -0.2) is 10.8 Å².